The fourth-order valence-electron chi connectivity index (χ4n) is 4.88. The number of anilines is 1. The highest BCUT2D eigenvalue weighted by atomic mass is 16.3. The van der Waals surface area contributed by atoms with Crippen LogP contribution in [-0.4, -0.2) is 17.6 Å². The first-order chi connectivity index (χ1) is 15.2. The molecule has 31 heavy (non-hydrogen) atoms. The molecule has 156 valence electrons. The summed E-state index contributed by atoms with van der Waals surface area (Å²) in [5.74, 6) is 0.894. The first-order valence-corrected chi connectivity index (χ1v) is 10.9. The Bertz CT molecular complexity index is 1110. The van der Waals surface area contributed by atoms with E-state index in [0.717, 1.165) is 24.1 Å². The van der Waals surface area contributed by atoms with Crippen molar-refractivity contribution in [2.45, 2.75) is 24.8 Å². The van der Waals surface area contributed by atoms with Crippen molar-refractivity contribution in [2.24, 2.45) is 5.92 Å². The summed E-state index contributed by atoms with van der Waals surface area (Å²) in [6, 6.07) is 23.7. The number of benzene rings is 3. The Kier molecular flexibility index (Phi) is 5.21. The number of hydrogen-bond donors (Lipinski definition) is 3. The van der Waals surface area contributed by atoms with Crippen molar-refractivity contribution in [3.05, 3.63) is 107 Å². The molecule has 0 bridgehead atoms. The summed E-state index contributed by atoms with van der Waals surface area (Å²) in [5, 5.41) is 16.5. The second-order valence-electron chi connectivity index (χ2n) is 8.33. The van der Waals surface area contributed by atoms with E-state index in [9.17, 15) is 9.90 Å². The lowest BCUT2D eigenvalue weighted by Crippen LogP contribution is -2.32. The van der Waals surface area contributed by atoms with E-state index in [1.807, 2.05) is 42.5 Å². The molecule has 1 heterocycles. The number of fused-ring (bicyclic) bond motifs is 3. The van der Waals surface area contributed by atoms with Crippen molar-refractivity contribution in [1.29, 1.82) is 0 Å². The summed E-state index contributed by atoms with van der Waals surface area (Å²) in [5.41, 5.74) is 5.13. The van der Waals surface area contributed by atoms with Gasteiger partial charge in [0.15, 0.2) is 0 Å². The summed E-state index contributed by atoms with van der Waals surface area (Å²) < 4.78 is 0. The third-order valence-electron chi connectivity index (χ3n) is 6.44. The molecule has 1 aliphatic heterocycles. The Morgan fingerprint density at radius 2 is 1.81 bits per heavy atom. The van der Waals surface area contributed by atoms with E-state index in [1.54, 1.807) is 12.1 Å². The van der Waals surface area contributed by atoms with E-state index in [4.69, 9.17) is 0 Å². The third-order valence-corrected chi connectivity index (χ3v) is 6.44. The number of rotatable bonds is 5. The Labute approximate surface area is 182 Å². The monoisotopic (exact) mass is 410 g/mol. The highest BCUT2D eigenvalue weighted by Crippen LogP contribution is 2.50. The number of phenols is 1. The molecule has 3 atom stereocenters. The molecule has 2 aliphatic rings. The van der Waals surface area contributed by atoms with Gasteiger partial charge < -0.3 is 15.7 Å². The molecule has 0 saturated heterocycles. The predicted octanol–water partition coefficient (Wildman–Crippen LogP) is 5.19. The van der Waals surface area contributed by atoms with Crippen LogP contribution in [0.5, 0.6) is 5.75 Å². The molecule has 3 unspecified atom stereocenters. The molecule has 0 radical (unpaired) electrons. The van der Waals surface area contributed by atoms with E-state index in [2.05, 4.69) is 41.0 Å². The average molecular weight is 411 g/mol. The van der Waals surface area contributed by atoms with Crippen molar-refractivity contribution in [3.8, 4) is 5.75 Å². The Hall–Kier alpha value is -3.53. The Morgan fingerprint density at radius 3 is 2.61 bits per heavy atom. The van der Waals surface area contributed by atoms with Crippen LogP contribution in [0.1, 0.15) is 45.4 Å². The van der Waals surface area contributed by atoms with Gasteiger partial charge in [-0.25, -0.2) is 0 Å². The largest absolute Gasteiger partial charge is 0.508 e. The number of carbonyl (C=O) groups is 1. The first-order valence-electron chi connectivity index (χ1n) is 10.9. The van der Waals surface area contributed by atoms with Gasteiger partial charge >= 0.3 is 0 Å². The first kappa shape index (κ1) is 19.4. The Balaban J connectivity index is 1.40. The quantitative estimate of drug-likeness (QED) is 0.507. The van der Waals surface area contributed by atoms with Gasteiger partial charge in [0.1, 0.15) is 5.75 Å². The summed E-state index contributed by atoms with van der Waals surface area (Å²) in [6.07, 6.45) is 6.32. The van der Waals surface area contributed by atoms with Crippen molar-refractivity contribution >= 4 is 11.6 Å². The number of nitrogens with one attached hydrogen (secondary N) is 2. The number of carbonyl (C=O) groups excluding carboxylic acids is 1. The molecular weight excluding hydrogens is 384 g/mol. The highest BCUT2D eigenvalue weighted by Gasteiger charge is 2.39. The molecule has 4 heteroatoms. The number of allylic oxidation sites excluding steroid dienone is 2. The van der Waals surface area contributed by atoms with Crippen LogP contribution in [0.25, 0.3) is 0 Å². The number of amides is 1. The van der Waals surface area contributed by atoms with E-state index < -0.39 is 0 Å². The van der Waals surface area contributed by atoms with Crippen LogP contribution < -0.4 is 10.6 Å². The maximum Gasteiger partial charge on any atom is 0.253 e. The summed E-state index contributed by atoms with van der Waals surface area (Å²) in [7, 11) is 0. The maximum absolute atomic E-state index is 13.1. The van der Waals surface area contributed by atoms with Crippen LogP contribution in [-0.2, 0) is 6.42 Å². The standard InChI is InChI=1S/C27H26N2O2/c30-20-14-12-19(13-15-20)25-22-9-4-8-21(22)23-10-5-11-24(26(23)29-25)27(31)28-17-16-18-6-2-1-3-7-18/h1-8,10-15,21-22,25,29-30H,9,16-17H2,(H,28,31). The molecule has 4 nitrogen and oxygen atoms in total. The van der Waals surface area contributed by atoms with Crippen molar-refractivity contribution in [1.82, 2.24) is 5.32 Å². The number of phenolic OH excluding ortho intramolecular Hbond substituents is 1. The number of hydrogen-bond acceptors (Lipinski definition) is 3. The van der Waals surface area contributed by atoms with Crippen molar-refractivity contribution in [2.75, 3.05) is 11.9 Å². The van der Waals surface area contributed by atoms with Crippen molar-refractivity contribution in [3.63, 3.8) is 0 Å². The van der Waals surface area contributed by atoms with E-state index in [-0.39, 0.29) is 23.6 Å². The van der Waals surface area contributed by atoms with Crippen LogP contribution in [0.4, 0.5) is 5.69 Å². The lowest BCUT2D eigenvalue weighted by atomic mass is 9.76. The minimum Gasteiger partial charge on any atom is -0.508 e. The highest BCUT2D eigenvalue weighted by molar-refractivity contribution is 6.00. The van der Waals surface area contributed by atoms with Gasteiger partial charge in [0.25, 0.3) is 5.91 Å². The fraction of sp³-hybridized carbons (Fsp3) is 0.222. The number of para-hydroxylation sites is 1. The molecule has 1 amide bonds. The average Bonchev–Trinajstić information content (AvgIpc) is 3.30. The van der Waals surface area contributed by atoms with Crippen LogP contribution in [0, 0.1) is 5.92 Å². The molecule has 0 fully saturated rings. The second kappa shape index (κ2) is 8.31. The van der Waals surface area contributed by atoms with Gasteiger partial charge in [-0.2, -0.15) is 0 Å². The lowest BCUT2D eigenvalue weighted by molar-refractivity contribution is 0.0954. The molecule has 0 saturated carbocycles. The molecule has 5 rings (SSSR count). The topological polar surface area (TPSA) is 61.4 Å². The zero-order valence-electron chi connectivity index (χ0n) is 17.3. The molecule has 0 aromatic heterocycles. The Morgan fingerprint density at radius 1 is 1.00 bits per heavy atom. The minimum absolute atomic E-state index is 0.0508. The van der Waals surface area contributed by atoms with Gasteiger partial charge in [0.2, 0.25) is 0 Å². The molecular formula is C27H26N2O2. The van der Waals surface area contributed by atoms with Gasteiger partial charge in [-0.05, 0) is 53.6 Å². The van der Waals surface area contributed by atoms with Gasteiger partial charge in [-0.1, -0.05) is 66.7 Å². The van der Waals surface area contributed by atoms with E-state index in [0.29, 0.717) is 18.0 Å². The van der Waals surface area contributed by atoms with E-state index in [1.165, 1.54) is 11.1 Å². The van der Waals surface area contributed by atoms with Gasteiger partial charge in [0, 0.05) is 12.5 Å². The summed E-state index contributed by atoms with van der Waals surface area (Å²) in [6.45, 7) is 0.597. The lowest BCUT2D eigenvalue weighted by Gasteiger charge is -2.38. The normalized spacial score (nSPS) is 21.1. The number of aromatic hydroxyl groups is 1. The third kappa shape index (κ3) is 3.81. The summed E-state index contributed by atoms with van der Waals surface area (Å²) in [4.78, 5) is 13.1. The maximum atomic E-state index is 13.1. The van der Waals surface area contributed by atoms with Crippen molar-refractivity contribution < 1.29 is 9.90 Å². The molecule has 3 N–H and O–H groups in total. The smallest absolute Gasteiger partial charge is 0.253 e. The van der Waals surface area contributed by atoms with Gasteiger partial charge in [-0.3, -0.25) is 4.79 Å². The fourth-order valence-corrected chi connectivity index (χ4v) is 4.88. The van der Waals surface area contributed by atoms with Crippen LogP contribution in [0.2, 0.25) is 0 Å². The zero-order chi connectivity index (χ0) is 21.2. The molecule has 3 aromatic carbocycles. The predicted molar refractivity (Wildman–Crippen MR) is 123 cm³/mol. The van der Waals surface area contributed by atoms with Crippen LogP contribution in [0.3, 0.4) is 0 Å². The SMILES string of the molecule is O=C(NCCc1ccccc1)c1cccc2c1NC(c1ccc(O)cc1)C1CC=CC21. The second-order valence-corrected chi connectivity index (χ2v) is 8.33. The summed E-state index contributed by atoms with van der Waals surface area (Å²) >= 11 is 0. The molecule has 1 aliphatic carbocycles. The molecule has 0 spiro atoms. The molecule has 3 aromatic rings. The minimum atomic E-state index is -0.0508. The van der Waals surface area contributed by atoms with E-state index >= 15 is 0 Å². The van der Waals surface area contributed by atoms with Crippen LogP contribution in [0.15, 0.2) is 84.9 Å². The van der Waals surface area contributed by atoms with Gasteiger partial charge in [0.05, 0.1) is 17.3 Å². The zero-order valence-corrected chi connectivity index (χ0v) is 17.3. The van der Waals surface area contributed by atoms with Gasteiger partial charge in [-0.15, -0.1) is 0 Å². The van der Waals surface area contributed by atoms with Crippen LogP contribution >= 0.6 is 0 Å².